The Morgan fingerprint density at radius 2 is 1.36 bits per heavy atom. The van der Waals surface area contributed by atoms with Crippen molar-refractivity contribution in [2.45, 2.75) is 30.1 Å². The molecule has 2 N–H and O–H groups in total. The van der Waals surface area contributed by atoms with Gasteiger partial charge in [0.05, 0.1) is 11.8 Å². The van der Waals surface area contributed by atoms with E-state index in [0.29, 0.717) is 26.6 Å². The van der Waals surface area contributed by atoms with E-state index in [1.165, 1.54) is 48.5 Å². The second-order valence-corrected chi connectivity index (χ2v) is 10.8. The van der Waals surface area contributed by atoms with Crippen molar-refractivity contribution in [3.63, 3.8) is 0 Å². The summed E-state index contributed by atoms with van der Waals surface area (Å²) in [6.45, 7) is -1.66. The van der Waals surface area contributed by atoms with Crippen LogP contribution in [0.4, 0.5) is 18.9 Å². The molecule has 0 radical (unpaired) electrons. The molecule has 3 aromatic carbocycles. The predicted molar refractivity (Wildman–Crippen MR) is 129 cm³/mol. The second-order valence-electron chi connectivity index (χ2n) is 8.74. The third kappa shape index (κ3) is 4.42. The van der Waals surface area contributed by atoms with Crippen molar-refractivity contribution in [3.8, 4) is 11.5 Å². The molecule has 1 fully saturated rings. The third-order valence-electron chi connectivity index (χ3n) is 6.41. The van der Waals surface area contributed by atoms with Gasteiger partial charge in [-0.1, -0.05) is 42.5 Å². The molecule has 6 nitrogen and oxygen atoms in total. The summed E-state index contributed by atoms with van der Waals surface area (Å²) < 4.78 is 74.6. The molecule has 10 heteroatoms. The molecule has 0 aliphatic carbocycles. The van der Waals surface area contributed by atoms with Crippen LogP contribution in [-0.2, 0) is 14.8 Å². The van der Waals surface area contributed by atoms with Gasteiger partial charge < -0.3 is 14.9 Å². The van der Waals surface area contributed by atoms with Crippen LogP contribution in [0, 0.1) is 0 Å². The van der Waals surface area contributed by atoms with Crippen molar-refractivity contribution < 1.29 is 36.5 Å². The summed E-state index contributed by atoms with van der Waals surface area (Å²) in [4.78, 5) is 0. The largest absolute Gasteiger partial charge is 0.508 e. The molecule has 2 aliphatic rings. The second kappa shape index (κ2) is 8.86. The molecular weight excluding hydrogens is 495 g/mol. The quantitative estimate of drug-likeness (QED) is 0.484. The number of fused-ring (bicyclic) bond motifs is 2. The Morgan fingerprint density at radius 3 is 1.89 bits per heavy atom. The summed E-state index contributed by atoms with van der Waals surface area (Å²) in [5.41, 5.74) is 2.45. The van der Waals surface area contributed by atoms with Gasteiger partial charge in [0.25, 0.3) is 0 Å². The number of nitrogens with zero attached hydrogens (tertiary/aromatic N) is 1. The van der Waals surface area contributed by atoms with Crippen LogP contribution in [0.3, 0.4) is 0 Å². The highest BCUT2D eigenvalue weighted by atomic mass is 32.2. The smallest absolute Gasteiger partial charge is 0.407 e. The van der Waals surface area contributed by atoms with Crippen molar-refractivity contribution >= 4 is 26.9 Å². The van der Waals surface area contributed by atoms with Crippen molar-refractivity contribution in [1.29, 1.82) is 0 Å². The number of rotatable bonds is 6. The van der Waals surface area contributed by atoms with E-state index >= 15 is 0 Å². The number of hydrogen-bond acceptors (Lipinski definition) is 5. The molecule has 1 saturated heterocycles. The van der Waals surface area contributed by atoms with E-state index in [1.54, 1.807) is 30.3 Å². The Morgan fingerprint density at radius 1 is 0.833 bits per heavy atom. The fraction of sp³-hybridized carbons (Fsp3) is 0.231. The summed E-state index contributed by atoms with van der Waals surface area (Å²) in [5, 5.41) is 18.2. The van der Waals surface area contributed by atoms with Gasteiger partial charge in [-0.3, -0.25) is 4.31 Å². The Kier molecular flexibility index (Phi) is 5.96. The normalized spacial score (nSPS) is 21.7. The summed E-state index contributed by atoms with van der Waals surface area (Å²) in [6, 6.07) is 19.7. The highest BCUT2D eigenvalue weighted by Crippen LogP contribution is 2.51. The van der Waals surface area contributed by atoms with Gasteiger partial charge in [-0.2, -0.15) is 13.2 Å². The summed E-state index contributed by atoms with van der Waals surface area (Å²) in [6.07, 6.45) is -6.47. The minimum Gasteiger partial charge on any atom is -0.508 e. The molecule has 0 amide bonds. The maximum atomic E-state index is 13.8. The van der Waals surface area contributed by atoms with E-state index in [-0.39, 0.29) is 23.6 Å². The predicted octanol–water partition coefficient (Wildman–Crippen LogP) is 4.95. The number of para-hydroxylation sites is 1. The molecule has 5 rings (SSSR count). The Labute approximate surface area is 205 Å². The van der Waals surface area contributed by atoms with Gasteiger partial charge >= 0.3 is 6.18 Å². The zero-order chi connectivity index (χ0) is 25.7. The van der Waals surface area contributed by atoms with Crippen molar-refractivity contribution in [3.05, 3.63) is 90.0 Å². The number of phenols is 2. The Balaban J connectivity index is 1.61. The SMILES string of the molecule is O=S(=O)([C@H]1C[C@H]2O[C@@H]1C(c1ccc(O)cc1)=C2c1ccc(O)cc1)N(CC(F)(F)F)c1ccccc1. The number of benzene rings is 3. The lowest BCUT2D eigenvalue weighted by Gasteiger charge is -2.32. The van der Waals surface area contributed by atoms with Gasteiger partial charge in [-0.05, 0) is 65.1 Å². The molecule has 0 spiro atoms. The first-order valence-corrected chi connectivity index (χ1v) is 12.7. The number of halogens is 3. The highest BCUT2D eigenvalue weighted by Gasteiger charge is 2.55. The zero-order valence-electron chi connectivity index (χ0n) is 18.8. The number of hydrogen-bond donors (Lipinski definition) is 2. The van der Waals surface area contributed by atoms with Gasteiger partial charge in [0.2, 0.25) is 10.0 Å². The van der Waals surface area contributed by atoms with Crippen LogP contribution in [-0.4, -0.2) is 48.8 Å². The molecule has 0 unspecified atom stereocenters. The van der Waals surface area contributed by atoms with Gasteiger partial charge in [0, 0.05) is 0 Å². The third-order valence-corrected chi connectivity index (χ3v) is 8.56. The van der Waals surface area contributed by atoms with Crippen molar-refractivity contribution in [2.24, 2.45) is 0 Å². The minimum atomic E-state index is -4.76. The molecule has 3 atom stereocenters. The molecule has 188 valence electrons. The fourth-order valence-electron chi connectivity index (χ4n) is 4.89. The molecule has 2 aliphatic heterocycles. The molecule has 0 aromatic heterocycles. The minimum absolute atomic E-state index is 0.0132. The van der Waals surface area contributed by atoms with E-state index in [1.807, 2.05) is 0 Å². The molecule has 3 aromatic rings. The van der Waals surface area contributed by atoms with Crippen LogP contribution in [0.15, 0.2) is 78.9 Å². The Bertz CT molecular complexity index is 1390. The number of sulfonamides is 1. The lowest BCUT2D eigenvalue weighted by atomic mass is 9.83. The van der Waals surface area contributed by atoms with Crippen LogP contribution < -0.4 is 4.31 Å². The average Bonchev–Trinajstić information content (AvgIpc) is 3.43. The maximum absolute atomic E-state index is 13.8. The summed E-state index contributed by atoms with van der Waals surface area (Å²) in [7, 11) is -4.51. The van der Waals surface area contributed by atoms with E-state index in [2.05, 4.69) is 0 Å². The number of anilines is 1. The number of aromatic hydroxyl groups is 2. The number of alkyl halides is 3. The van der Waals surface area contributed by atoms with E-state index in [9.17, 15) is 31.8 Å². The van der Waals surface area contributed by atoms with Crippen LogP contribution in [0.2, 0.25) is 0 Å². The monoisotopic (exact) mass is 517 g/mol. The highest BCUT2D eigenvalue weighted by molar-refractivity contribution is 7.93. The van der Waals surface area contributed by atoms with Gasteiger partial charge in [0.15, 0.2) is 0 Å². The lowest BCUT2D eigenvalue weighted by molar-refractivity contribution is -0.117. The van der Waals surface area contributed by atoms with Crippen molar-refractivity contribution in [1.82, 2.24) is 0 Å². The van der Waals surface area contributed by atoms with E-state index in [4.69, 9.17) is 4.74 Å². The van der Waals surface area contributed by atoms with Gasteiger partial charge in [-0.15, -0.1) is 0 Å². The van der Waals surface area contributed by atoms with Gasteiger partial charge in [0.1, 0.15) is 29.4 Å². The summed E-state index contributed by atoms with van der Waals surface area (Å²) in [5.74, 6) is 0.0694. The van der Waals surface area contributed by atoms with Crippen LogP contribution in [0.25, 0.3) is 11.1 Å². The van der Waals surface area contributed by atoms with Crippen molar-refractivity contribution in [2.75, 3.05) is 10.8 Å². The lowest BCUT2D eigenvalue weighted by Crippen LogP contribution is -2.47. The van der Waals surface area contributed by atoms with E-state index < -0.39 is 40.2 Å². The molecule has 0 saturated carbocycles. The summed E-state index contributed by atoms with van der Waals surface area (Å²) >= 11 is 0. The number of ether oxygens (including phenoxy) is 1. The van der Waals surface area contributed by atoms with E-state index in [0.717, 1.165) is 0 Å². The van der Waals surface area contributed by atoms with Crippen LogP contribution in [0.5, 0.6) is 11.5 Å². The first-order chi connectivity index (χ1) is 17.0. The topological polar surface area (TPSA) is 87.1 Å². The maximum Gasteiger partial charge on any atom is 0.407 e. The van der Waals surface area contributed by atoms with Crippen LogP contribution in [0.1, 0.15) is 17.5 Å². The first kappa shape index (κ1) is 24.2. The standard InChI is InChI=1S/C26H22F3NO5S/c27-26(28,29)15-30(18-4-2-1-3-5-18)36(33,34)22-14-21-23(16-6-10-19(31)11-7-16)24(25(22)35-21)17-8-12-20(32)13-9-17/h1-13,21-22,25,31-32H,14-15H2/t21-,22+,25+/m1/s1. The van der Waals surface area contributed by atoms with Crippen LogP contribution >= 0.6 is 0 Å². The average molecular weight is 518 g/mol. The van der Waals surface area contributed by atoms with Gasteiger partial charge in [-0.25, -0.2) is 8.42 Å². The molecular formula is C26H22F3NO5S. The molecule has 2 bridgehead atoms. The molecule has 36 heavy (non-hydrogen) atoms. The fourth-order valence-corrected chi connectivity index (χ4v) is 6.89. The number of phenolic OH excluding ortho intramolecular Hbond substituents is 2. The molecule has 2 heterocycles. The zero-order valence-corrected chi connectivity index (χ0v) is 19.6. The Hall–Kier alpha value is -3.50. The first-order valence-electron chi connectivity index (χ1n) is 11.2.